The summed E-state index contributed by atoms with van der Waals surface area (Å²) in [6, 6.07) is 5.29. The molecule has 0 atom stereocenters. The van der Waals surface area contributed by atoms with Crippen LogP contribution in [0, 0.1) is 23.0 Å². The molecule has 4 nitrogen and oxygen atoms in total. The van der Waals surface area contributed by atoms with Crippen LogP contribution in [0.5, 0.6) is 0 Å². The Morgan fingerprint density at radius 1 is 1.33 bits per heavy atom. The number of hydrogen-bond acceptors (Lipinski definition) is 3. The maximum Gasteiger partial charge on any atom is 0.274 e. The Morgan fingerprint density at radius 3 is 2.67 bits per heavy atom. The number of nitrogens with one attached hydrogen (secondary N) is 1. The predicted molar refractivity (Wildman–Crippen MR) is 75.0 cm³/mol. The summed E-state index contributed by atoms with van der Waals surface area (Å²) in [5, 5.41) is 14.0. The second kappa shape index (κ2) is 6.99. The molecule has 1 N–H and O–H groups in total. The van der Waals surface area contributed by atoms with E-state index in [1.165, 1.54) is 12.8 Å². The van der Waals surface area contributed by atoms with Gasteiger partial charge in [-0.25, -0.2) is 0 Å². The molecule has 0 aliphatic carbocycles. The van der Waals surface area contributed by atoms with E-state index < -0.39 is 0 Å². The predicted octanol–water partition coefficient (Wildman–Crippen LogP) is 4.14. The fourth-order valence-corrected chi connectivity index (χ4v) is 1.83. The summed E-state index contributed by atoms with van der Waals surface area (Å²) in [5.41, 5.74) is 1.71. The Labute approximate surface area is 109 Å². The fourth-order valence-electron chi connectivity index (χ4n) is 1.83. The van der Waals surface area contributed by atoms with Gasteiger partial charge in [0.15, 0.2) is 0 Å². The summed E-state index contributed by atoms with van der Waals surface area (Å²) in [4.78, 5) is 10.5. The number of unbranched alkanes of at least 4 members (excludes halogenated alkanes) is 1. The maximum atomic E-state index is 10.8. The third-order valence-corrected chi connectivity index (χ3v) is 2.94. The number of benzene rings is 1. The molecule has 1 rings (SSSR count). The van der Waals surface area contributed by atoms with Gasteiger partial charge in [-0.15, -0.1) is 0 Å². The molecule has 0 aliphatic rings. The lowest BCUT2D eigenvalue weighted by Gasteiger charge is -2.08. The fraction of sp³-hybridized carbons (Fsp3) is 0.571. The number of nitrogens with zero attached hydrogens (tertiary/aromatic N) is 1. The molecule has 18 heavy (non-hydrogen) atoms. The Hall–Kier alpha value is -1.58. The van der Waals surface area contributed by atoms with Crippen molar-refractivity contribution in [1.29, 1.82) is 0 Å². The summed E-state index contributed by atoms with van der Waals surface area (Å²) in [6.07, 6.45) is 3.52. The average molecular weight is 250 g/mol. The standard InChI is InChI=1S/C14H22N2O2/c1-11(2)6-4-5-9-15-13-8-7-12(3)14(10-13)16(17)18/h7-8,10-11,15H,4-6,9H2,1-3H3. The van der Waals surface area contributed by atoms with Crippen molar-refractivity contribution in [2.24, 2.45) is 5.92 Å². The van der Waals surface area contributed by atoms with E-state index in [2.05, 4.69) is 19.2 Å². The van der Waals surface area contributed by atoms with Gasteiger partial charge in [-0.3, -0.25) is 10.1 Å². The van der Waals surface area contributed by atoms with Gasteiger partial charge in [0.2, 0.25) is 0 Å². The lowest BCUT2D eigenvalue weighted by Crippen LogP contribution is -2.03. The van der Waals surface area contributed by atoms with Gasteiger partial charge in [-0.05, 0) is 25.3 Å². The molecule has 4 heteroatoms. The third kappa shape index (κ3) is 4.73. The lowest BCUT2D eigenvalue weighted by atomic mass is 10.1. The molecule has 0 radical (unpaired) electrons. The minimum atomic E-state index is -0.334. The Balaban J connectivity index is 2.43. The zero-order chi connectivity index (χ0) is 13.5. The second-order valence-electron chi connectivity index (χ2n) is 5.07. The van der Waals surface area contributed by atoms with E-state index in [1.807, 2.05) is 6.07 Å². The molecule has 0 saturated heterocycles. The zero-order valence-corrected chi connectivity index (χ0v) is 11.4. The Kier molecular flexibility index (Phi) is 5.62. The van der Waals surface area contributed by atoms with E-state index in [0.717, 1.165) is 24.6 Å². The van der Waals surface area contributed by atoms with Gasteiger partial charge in [0.1, 0.15) is 0 Å². The van der Waals surface area contributed by atoms with E-state index in [9.17, 15) is 10.1 Å². The highest BCUT2D eigenvalue weighted by Gasteiger charge is 2.10. The molecular formula is C14H22N2O2. The first-order chi connectivity index (χ1) is 8.50. The van der Waals surface area contributed by atoms with Gasteiger partial charge in [0.05, 0.1) is 4.92 Å². The lowest BCUT2D eigenvalue weighted by molar-refractivity contribution is -0.385. The second-order valence-corrected chi connectivity index (χ2v) is 5.07. The van der Waals surface area contributed by atoms with Gasteiger partial charge in [-0.1, -0.05) is 32.8 Å². The third-order valence-electron chi connectivity index (χ3n) is 2.94. The van der Waals surface area contributed by atoms with Crippen LogP contribution in [0.2, 0.25) is 0 Å². The highest BCUT2D eigenvalue weighted by molar-refractivity contribution is 5.54. The monoisotopic (exact) mass is 250 g/mol. The molecule has 0 bridgehead atoms. The first-order valence-electron chi connectivity index (χ1n) is 6.49. The summed E-state index contributed by atoms with van der Waals surface area (Å²) < 4.78 is 0. The summed E-state index contributed by atoms with van der Waals surface area (Å²) in [6.45, 7) is 7.06. The van der Waals surface area contributed by atoms with E-state index in [4.69, 9.17) is 0 Å². The van der Waals surface area contributed by atoms with Crippen LogP contribution in [-0.2, 0) is 0 Å². The molecule has 1 aromatic rings. The molecule has 0 saturated carbocycles. The van der Waals surface area contributed by atoms with Crippen molar-refractivity contribution in [2.45, 2.75) is 40.0 Å². The number of nitro benzene ring substituents is 1. The summed E-state index contributed by atoms with van der Waals surface area (Å²) in [7, 11) is 0. The molecule has 0 aliphatic heterocycles. The van der Waals surface area contributed by atoms with Crippen molar-refractivity contribution >= 4 is 11.4 Å². The van der Waals surface area contributed by atoms with Crippen molar-refractivity contribution in [1.82, 2.24) is 0 Å². The molecular weight excluding hydrogens is 228 g/mol. The first-order valence-corrected chi connectivity index (χ1v) is 6.49. The molecule has 0 unspecified atom stereocenters. The van der Waals surface area contributed by atoms with Crippen molar-refractivity contribution < 1.29 is 4.92 Å². The van der Waals surface area contributed by atoms with E-state index in [0.29, 0.717) is 5.56 Å². The molecule has 1 aromatic carbocycles. The number of aryl methyl sites for hydroxylation is 1. The van der Waals surface area contributed by atoms with Crippen LogP contribution in [0.15, 0.2) is 18.2 Å². The maximum absolute atomic E-state index is 10.8. The van der Waals surface area contributed by atoms with Crippen LogP contribution in [0.4, 0.5) is 11.4 Å². The summed E-state index contributed by atoms with van der Waals surface area (Å²) >= 11 is 0. The molecule has 0 amide bonds. The van der Waals surface area contributed by atoms with Crippen molar-refractivity contribution in [3.63, 3.8) is 0 Å². The Bertz CT molecular complexity index is 403. The van der Waals surface area contributed by atoms with Crippen molar-refractivity contribution in [3.05, 3.63) is 33.9 Å². The normalized spacial score (nSPS) is 10.7. The Morgan fingerprint density at radius 2 is 2.06 bits per heavy atom. The quantitative estimate of drug-likeness (QED) is 0.449. The molecule has 0 spiro atoms. The largest absolute Gasteiger partial charge is 0.385 e. The minimum absolute atomic E-state index is 0.183. The summed E-state index contributed by atoms with van der Waals surface area (Å²) in [5.74, 6) is 0.741. The smallest absolute Gasteiger partial charge is 0.274 e. The highest BCUT2D eigenvalue weighted by Crippen LogP contribution is 2.22. The van der Waals surface area contributed by atoms with Crippen LogP contribution in [-0.4, -0.2) is 11.5 Å². The van der Waals surface area contributed by atoms with Crippen molar-refractivity contribution in [2.75, 3.05) is 11.9 Å². The average Bonchev–Trinajstić information content (AvgIpc) is 2.30. The van der Waals surface area contributed by atoms with Crippen LogP contribution < -0.4 is 5.32 Å². The van der Waals surface area contributed by atoms with Gasteiger partial charge in [0.25, 0.3) is 5.69 Å². The topological polar surface area (TPSA) is 55.2 Å². The van der Waals surface area contributed by atoms with E-state index in [-0.39, 0.29) is 10.6 Å². The van der Waals surface area contributed by atoms with Gasteiger partial charge in [0, 0.05) is 23.9 Å². The first kappa shape index (κ1) is 14.5. The number of rotatable bonds is 7. The van der Waals surface area contributed by atoms with E-state index >= 15 is 0 Å². The van der Waals surface area contributed by atoms with Crippen LogP contribution in [0.1, 0.15) is 38.7 Å². The van der Waals surface area contributed by atoms with Gasteiger partial charge in [-0.2, -0.15) is 0 Å². The van der Waals surface area contributed by atoms with Crippen molar-refractivity contribution in [3.8, 4) is 0 Å². The zero-order valence-electron chi connectivity index (χ0n) is 11.4. The molecule has 0 fully saturated rings. The number of nitro groups is 1. The van der Waals surface area contributed by atoms with Crippen LogP contribution in [0.25, 0.3) is 0 Å². The number of anilines is 1. The van der Waals surface area contributed by atoms with Crippen LogP contribution in [0.3, 0.4) is 0 Å². The molecule has 0 heterocycles. The van der Waals surface area contributed by atoms with Crippen LogP contribution >= 0.6 is 0 Å². The molecule has 0 aromatic heterocycles. The van der Waals surface area contributed by atoms with Gasteiger partial charge >= 0.3 is 0 Å². The minimum Gasteiger partial charge on any atom is -0.385 e. The van der Waals surface area contributed by atoms with E-state index in [1.54, 1.807) is 19.1 Å². The number of hydrogen-bond donors (Lipinski definition) is 1. The SMILES string of the molecule is Cc1ccc(NCCCCC(C)C)cc1[N+](=O)[O-]. The molecule has 100 valence electrons. The highest BCUT2D eigenvalue weighted by atomic mass is 16.6. The van der Waals surface area contributed by atoms with Gasteiger partial charge < -0.3 is 5.32 Å².